The molecule has 7 heteroatoms. The zero-order chi connectivity index (χ0) is 17.1. The molecule has 1 aromatic heterocycles. The van der Waals surface area contributed by atoms with Gasteiger partial charge >= 0.3 is 6.09 Å². The van der Waals surface area contributed by atoms with E-state index in [0.29, 0.717) is 24.6 Å². The maximum atomic E-state index is 11.7. The minimum absolute atomic E-state index is 0.0293. The fourth-order valence-corrected chi connectivity index (χ4v) is 3.13. The van der Waals surface area contributed by atoms with Crippen LogP contribution in [0.25, 0.3) is 0 Å². The Labute approximate surface area is 145 Å². The van der Waals surface area contributed by atoms with Crippen LogP contribution >= 0.6 is 11.6 Å². The Kier molecular flexibility index (Phi) is 5.06. The lowest BCUT2D eigenvalue weighted by molar-refractivity contribution is -0.0734. The van der Waals surface area contributed by atoms with E-state index in [-0.39, 0.29) is 18.2 Å². The summed E-state index contributed by atoms with van der Waals surface area (Å²) in [6, 6.07) is 9.07. The van der Waals surface area contributed by atoms with E-state index in [0.717, 1.165) is 5.56 Å². The third-order valence-corrected chi connectivity index (χ3v) is 4.68. The second kappa shape index (κ2) is 7.23. The number of carboxylic acid groups (broad SMARTS) is 1. The molecule has 1 aliphatic rings. The zero-order valence-corrected chi connectivity index (χ0v) is 14.1. The van der Waals surface area contributed by atoms with Crippen molar-refractivity contribution < 1.29 is 14.6 Å². The second-order valence-electron chi connectivity index (χ2n) is 6.02. The van der Waals surface area contributed by atoms with Crippen LogP contribution in [0.4, 0.5) is 4.79 Å². The van der Waals surface area contributed by atoms with Gasteiger partial charge < -0.3 is 14.7 Å². The molecule has 0 saturated carbocycles. The van der Waals surface area contributed by atoms with Crippen LogP contribution in [-0.2, 0) is 11.2 Å². The van der Waals surface area contributed by atoms with Gasteiger partial charge in [-0.2, -0.15) is 5.10 Å². The molecule has 1 N–H and O–H groups in total. The summed E-state index contributed by atoms with van der Waals surface area (Å²) in [5.41, 5.74) is 1.04. The Bertz CT molecular complexity index is 675. The van der Waals surface area contributed by atoms with Gasteiger partial charge in [0.15, 0.2) is 0 Å². The van der Waals surface area contributed by atoms with E-state index in [9.17, 15) is 9.90 Å². The van der Waals surface area contributed by atoms with Crippen LogP contribution in [-0.4, -0.2) is 51.2 Å². The van der Waals surface area contributed by atoms with E-state index in [1.165, 1.54) is 4.90 Å². The Morgan fingerprint density at radius 2 is 2.21 bits per heavy atom. The molecule has 1 amide bonds. The molecule has 128 valence electrons. The molecule has 2 heterocycles. The van der Waals surface area contributed by atoms with Crippen LogP contribution in [0.3, 0.4) is 0 Å². The number of benzene rings is 1. The van der Waals surface area contributed by atoms with Gasteiger partial charge in [0.25, 0.3) is 0 Å². The molecular formula is C17H20ClN3O3. The predicted octanol–water partition coefficient (Wildman–Crippen LogP) is 3.09. The van der Waals surface area contributed by atoms with Crippen molar-refractivity contribution in [3.8, 4) is 0 Å². The molecule has 1 aliphatic heterocycles. The molecule has 0 aliphatic carbocycles. The van der Waals surface area contributed by atoms with Gasteiger partial charge in [-0.25, -0.2) is 4.79 Å². The first-order valence-corrected chi connectivity index (χ1v) is 8.27. The summed E-state index contributed by atoms with van der Waals surface area (Å²) in [5, 5.41) is 14.5. The fraction of sp³-hybridized carbons (Fsp3) is 0.412. The van der Waals surface area contributed by atoms with Gasteiger partial charge in [0, 0.05) is 17.4 Å². The number of rotatable bonds is 4. The van der Waals surface area contributed by atoms with Gasteiger partial charge in [-0.15, -0.1) is 0 Å². The van der Waals surface area contributed by atoms with Crippen molar-refractivity contribution >= 4 is 17.7 Å². The third-order valence-electron chi connectivity index (χ3n) is 4.43. The largest absolute Gasteiger partial charge is 0.465 e. The minimum atomic E-state index is -0.921. The second-order valence-corrected chi connectivity index (χ2v) is 6.45. The highest BCUT2D eigenvalue weighted by Gasteiger charge is 2.35. The maximum absolute atomic E-state index is 11.7. The normalized spacial score (nSPS) is 22.3. The van der Waals surface area contributed by atoms with E-state index < -0.39 is 6.09 Å². The van der Waals surface area contributed by atoms with Crippen molar-refractivity contribution in [3.05, 3.63) is 53.3 Å². The van der Waals surface area contributed by atoms with Crippen molar-refractivity contribution in [2.24, 2.45) is 0 Å². The smallest absolute Gasteiger partial charge is 0.407 e. The zero-order valence-electron chi connectivity index (χ0n) is 13.4. The molecule has 1 saturated heterocycles. The van der Waals surface area contributed by atoms with Crippen LogP contribution in [0.2, 0.25) is 5.02 Å². The number of halogens is 1. The summed E-state index contributed by atoms with van der Waals surface area (Å²) in [6.45, 7) is 2.68. The summed E-state index contributed by atoms with van der Waals surface area (Å²) < 4.78 is 7.76. The number of nitrogens with zero attached hydrogens (tertiary/aromatic N) is 3. The summed E-state index contributed by atoms with van der Waals surface area (Å²) in [4.78, 5) is 13.2. The lowest BCUT2D eigenvalue weighted by atomic mass is 10.0. The fourth-order valence-electron chi connectivity index (χ4n) is 3.00. The number of hydrogen-bond acceptors (Lipinski definition) is 3. The molecule has 0 bridgehead atoms. The predicted molar refractivity (Wildman–Crippen MR) is 90.4 cm³/mol. The number of hydrogen-bond donors (Lipinski definition) is 1. The first kappa shape index (κ1) is 16.8. The molecule has 6 nitrogen and oxygen atoms in total. The lowest BCUT2D eigenvalue weighted by Gasteiger charge is -2.40. The number of amides is 1. The van der Waals surface area contributed by atoms with Gasteiger partial charge in [-0.3, -0.25) is 4.68 Å². The number of aromatic nitrogens is 2. The minimum Gasteiger partial charge on any atom is -0.465 e. The molecule has 2 aromatic rings. The number of morpholine rings is 1. The molecule has 1 fully saturated rings. The maximum Gasteiger partial charge on any atom is 0.407 e. The van der Waals surface area contributed by atoms with Crippen molar-refractivity contribution in [1.29, 1.82) is 0 Å². The molecular weight excluding hydrogens is 330 g/mol. The van der Waals surface area contributed by atoms with Gasteiger partial charge in [-0.05, 0) is 37.1 Å². The lowest BCUT2D eigenvalue weighted by Crippen LogP contribution is -2.54. The Morgan fingerprint density at radius 3 is 2.83 bits per heavy atom. The Hall–Kier alpha value is -2.05. The first-order valence-electron chi connectivity index (χ1n) is 7.89. The van der Waals surface area contributed by atoms with Crippen LogP contribution in [0.5, 0.6) is 0 Å². The van der Waals surface area contributed by atoms with Gasteiger partial charge in [0.1, 0.15) is 0 Å². The topological polar surface area (TPSA) is 67.6 Å². The van der Waals surface area contributed by atoms with Crippen LogP contribution < -0.4 is 0 Å². The molecule has 3 atom stereocenters. The van der Waals surface area contributed by atoms with E-state index in [1.54, 1.807) is 10.9 Å². The highest BCUT2D eigenvalue weighted by atomic mass is 35.5. The van der Waals surface area contributed by atoms with Crippen LogP contribution in [0.15, 0.2) is 42.7 Å². The van der Waals surface area contributed by atoms with Gasteiger partial charge in [0.2, 0.25) is 0 Å². The van der Waals surface area contributed by atoms with Gasteiger partial charge in [0.05, 0.1) is 31.3 Å². The molecule has 0 radical (unpaired) electrons. The monoisotopic (exact) mass is 349 g/mol. The quantitative estimate of drug-likeness (QED) is 0.921. The SMILES string of the molecule is CC([C@H]1CN(C(=O)O)[C@@H](Cc2ccc(Cl)cc2)CO1)n1cccn1. The van der Waals surface area contributed by atoms with Crippen molar-refractivity contribution in [1.82, 2.24) is 14.7 Å². The highest BCUT2D eigenvalue weighted by molar-refractivity contribution is 6.30. The molecule has 1 unspecified atom stereocenters. The van der Waals surface area contributed by atoms with E-state index in [4.69, 9.17) is 16.3 Å². The summed E-state index contributed by atoms with van der Waals surface area (Å²) in [7, 11) is 0. The van der Waals surface area contributed by atoms with E-state index >= 15 is 0 Å². The summed E-state index contributed by atoms with van der Waals surface area (Å²) in [6.07, 6.45) is 3.03. The Balaban J connectivity index is 1.69. The molecule has 1 aromatic carbocycles. The van der Waals surface area contributed by atoms with Crippen molar-refractivity contribution in [2.45, 2.75) is 31.5 Å². The van der Waals surface area contributed by atoms with E-state index in [1.807, 2.05) is 43.5 Å². The van der Waals surface area contributed by atoms with Gasteiger partial charge in [-0.1, -0.05) is 23.7 Å². The summed E-state index contributed by atoms with van der Waals surface area (Å²) >= 11 is 5.90. The number of carbonyl (C=O) groups is 1. The number of ether oxygens (including phenoxy) is 1. The van der Waals surface area contributed by atoms with Crippen molar-refractivity contribution in [3.63, 3.8) is 0 Å². The average Bonchev–Trinajstić information content (AvgIpc) is 3.11. The summed E-state index contributed by atoms with van der Waals surface area (Å²) in [5.74, 6) is 0. The van der Waals surface area contributed by atoms with Crippen LogP contribution in [0, 0.1) is 0 Å². The van der Waals surface area contributed by atoms with Crippen molar-refractivity contribution in [2.75, 3.05) is 13.2 Å². The molecule has 0 spiro atoms. The standard InChI is InChI=1S/C17H20ClN3O3/c1-12(21-8-2-7-19-21)16-10-20(17(22)23)15(11-24-16)9-13-3-5-14(18)6-4-13/h2-8,12,15-16H,9-11H2,1H3,(H,22,23)/t12?,15-,16+/m0/s1. The Morgan fingerprint density at radius 1 is 1.46 bits per heavy atom. The third kappa shape index (κ3) is 3.71. The molecule has 24 heavy (non-hydrogen) atoms. The average molecular weight is 350 g/mol. The van der Waals surface area contributed by atoms with Crippen LogP contribution in [0.1, 0.15) is 18.5 Å². The highest BCUT2D eigenvalue weighted by Crippen LogP contribution is 2.23. The van der Waals surface area contributed by atoms with E-state index in [2.05, 4.69) is 5.10 Å². The molecule has 3 rings (SSSR count). The first-order chi connectivity index (χ1) is 11.5.